The highest BCUT2D eigenvalue weighted by Crippen LogP contribution is 2.05. The van der Waals surface area contributed by atoms with Crippen molar-refractivity contribution in [1.82, 2.24) is 0 Å². The van der Waals surface area contributed by atoms with Gasteiger partial charge in [0.25, 0.3) is 0 Å². The molecular weight excluding hydrogens is 218 g/mol. The largest absolute Gasteiger partial charge is 0.482 e. The van der Waals surface area contributed by atoms with Crippen LogP contribution in [0.3, 0.4) is 0 Å². The summed E-state index contributed by atoms with van der Waals surface area (Å²) in [4.78, 5) is 0. The summed E-state index contributed by atoms with van der Waals surface area (Å²) in [5.74, 6) is 0. The van der Waals surface area contributed by atoms with Gasteiger partial charge in [-0.15, -0.1) is 12.4 Å². The summed E-state index contributed by atoms with van der Waals surface area (Å²) in [6, 6.07) is 7.92. The highest BCUT2D eigenvalue weighted by molar-refractivity contribution is 7.80. The van der Waals surface area contributed by atoms with E-state index in [1.807, 2.05) is 31.2 Å². The number of hydrogen-bond donors (Lipinski definition) is 1. The minimum atomic E-state index is 0. The van der Waals surface area contributed by atoms with E-state index < -0.39 is 0 Å². The Hall–Kier alpha value is -0.640. The molecule has 2 nitrogen and oxygen atoms in total. The predicted molar refractivity (Wildman–Crippen MR) is 65.1 cm³/mol. The van der Waals surface area contributed by atoms with Crippen molar-refractivity contribution < 1.29 is 4.74 Å². The van der Waals surface area contributed by atoms with Crippen molar-refractivity contribution in [1.29, 1.82) is 0 Å². The molecule has 0 aromatic heterocycles. The van der Waals surface area contributed by atoms with Gasteiger partial charge in [0, 0.05) is 12.1 Å². The summed E-state index contributed by atoms with van der Waals surface area (Å²) < 4.78 is 5.22. The molecule has 1 rings (SSSR count). The first-order chi connectivity index (χ1) is 6.24. The maximum Gasteiger partial charge on any atom is 0.191 e. The normalized spacial score (nSPS) is 9.00. The average Bonchev–Trinajstić information content (AvgIpc) is 2.15. The molecule has 0 unspecified atom stereocenters. The third-order valence-corrected chi connectivity index (χ3v) is 1.99. The molecule has 1 aromatic carbocycles. The average molecular weight is 232 g/mol. The number of thiocarbonyl (C=S) groups is 1. The van der Waals surface area contributed by atoms with Gasteiger partial charge in [-0.2, -0.15) is 0 Å². The summed E-state index contributed by atoms with van der Waals surface area (Å²) in [6.45, 7) is 3.01. The number of halogens is 1. The summed E-state index contributed by atoms with van der Waals surface area (Å²) in [6.07, 6.45) is 0. The number of ether oxygens (including phenoxy) is 1. The Bertz CT molecular complexity index is 287. The van der Waals surface area contributed by atoms with E-state index >= 15 is 0 Å². The number of nitrogens with two attached hydrogens (primary N) is 1. The Balaban J connectivity index is 0.00000169. The van der Waals surface area contributed by atoms with E-state index in [0.29, 0.717) is 18.2 Å². The maximum absolute atomic E-state index is 5.29. The van der Waals surface area contributed by atoms with Crippen LogP contribution in [-0.4, -0.2) is 18.2 Å². The second-order valence-corrected chi connectivity index (χ2v) is 3.16. The summed E-state index contributed by atoms with van der Waals surface area (Å²) >= 11 is 5.05. The van der Waals surface area contributed by atoms with Crippen molar-refractivity contribution in [2.75, 3.05) is 13.2 Å². The fourth-order valence-corrected chi connectivity index (χ4v) is 1.14. The van der Waals surface area contributed by atoms with E-state index in [-0.39, 0.29) is 12.4 Å². The lowest BCUT2D eigenvalue weighted by Gasteiger charge is -2.05. The molecule has 4 heteroatoms. The lowest BCUT2D eigenvalue weighted by atomic mass is 10.2. The Morgan fingerprint density at radius 2 is 1.93 bits per heavy atom. The highest BCUT2D eigenvalue weighted by Gasteiger charge is 1.99. The van der Waals surface area contributed by atoms with Crippen molar-refractivity contribution in [3.8, 4) is 0 Å². The smallest absolute Gasteiger partial charge is 0.191 e. The van der Waals surface area contributed by atoms with E-state index in [2.05, 4.69) is 0 Å². The molecule has 14 heavy (non-hydrogen) atoms. The van der Waals surface area contributed by atoms with Crippen molar-refractivity contribution in [2.24, 2.45) is 5.73 Å². The Morgan fingerprint density at radius 1 is 1.36 bits per heavy atom. The van der Waals surface area contributed by atoms with Gasteiger partial charge in [-0.05, 0) is 19.1 Å². The van der Waals surface area contributed by atoms with Crippen LogP contribution in [0.1, 0.15) is 11.1 Å². The molecule has 0 bridgehead atoms. The lowest BCUT2D eigenvalue weighted by Crippen LogP contribution is -2.12. The molecule has 0 amide bonds. The number of hydrogen-bond acceptors (Lipinski definition) is 3. The molecule has 0 saturated carbocycles. The van der Waals surface area contributed by atoms with E-state index in [1.165, 1.54) is 5.56 Å². The standard InChI is InChI=1S/C10H13NOS.ClH/c1-8-2-4-9(5-3-8)10(13)12-7-6-11;/h2-5H,6-7,11H2,1H3;1H. The molecule has 0 radical (unpaired) electrons. The summed E-state index contributed by atoms with van der Waals surface area (Å²) in [5.41, 5.74) is 7.45. The zero-order chi connectivity index (χ0) is 9.68. The van der Waals surface area contributed by atoms with Crippen LogP contribution < -0.4 is 5.73 Å². The van der Waals surface area contributed by atoms with Gasteiger partial charge in [-0.25, -0.2) is 0 Å². The van der Waals surface area contributed by atoms with Crippen LogP contribution in [0.2, 0.25) is 0 Å². The highest BCUT2D eigenvalue weighted by atomic mass is 35.5. The van der Waals surface area contributed by atoms with Crippen LogP contribution in [0.25, 0.3) is 0 Å². The van der Waals surface area contributed by atoms with Gasteiger partial charge in [-0.3, -0.25) is 0 Å². The van der Waals surface area contributed by atoms with Crippen LogP contribution in [0.4, 0.5) is 0 Å². The van der Waals surface area contributed by atoms with Crippen molar-refractivity contribution in [3.05, 3.63) is 35.4 Å². The summed E-state index contributed by atoms with van der Waals surface area (Å²) in [7, 11) is 0. The fraction of sp³-hybridized carbons (Fsp3) is 0.300. The molecule has 0 aliphatic carbocycles. The minimum absolute atomic E-state index is 0. The van der Waals surface area contributed by atoms with E-state index in [1.54, 1.807) is 0 Å². The first-order valence-corrected chi connectivity index (χ1v) is 4.58. The molecule has 1 aromatic rings. The van der Waals surface area contributed by atoms with Crippen LogP contribution in [0.5, 0.6) is 0 Å². The zero-order valence-corrected chi connectivity index (χ0v) is 9.66. The van der Waals surface area contributed by atoms with Gasteiger partial charge in [0.1, 0.15) is 6.61 Å². The van der Waals surface area contributed by atoms with E-state index in [4.69, 9.17) is 22.7 Å². The number of aryl methyl sites for hydroxylation is 1. The molecule has 0 aliphatic rings. The van der Waals surface area contributed by atoms with Crippen LogP contribution in [0, 0.1) is 6.92 Å². The maximum atomic E-state index is 5.29. The van der Waals surface area contributed by atoms with Gasteiger partial charge >= 0.3 is 0 Å². The third-order valence-electron chi connectivity index (χ3n) is 1.64. The van der Waals surface area contributed by atoms with Crippen molar-refractivity contribution in [3.63, 3.8) is 0 Å². The van der Waals surface area contributed by atoms with E-state index in [0.717, 1.165) is 5.56 Å². The molecule has 0 fully saturated rings. The zero-order valence-electron chi connectivity index (χ0n) is 8.03. The lowest BCUT2D eigenvalue weighted by molar-refractivity contribution is 0.325. The van der Waals surface area contributed by atoms with Crippen molar-refractivity contribution >= 4 is 29.7 Å². The predicted octanol–water partition coefficient (Wildman–Crippen LogP) is 2.07. The van der Waals surface area contributed by atoms with Crippen molar-refractivity contribution in [2.45, 2.75) is 6.92 Å². The Morgan fingerprint density at radius 3 is 2.43 bits per heavy atom. The molecule has 0 atom stereocenters. The first kappa shape index (κ1) is 13.4. The molecule has 2 N–H and O–H groups in total. The van der Waals surface area contributed by atoms with Gasteiger partial charge < -0.3 is 10.5 Å². The minimum Gasteiger partial charge on any atom is -0.482 e. The topological polar surface area (TPSA) is 35.2 Å². The molecule has 0 spiro atoms. The Kier molecular flexibility index (Phi) is 6.45. The second-order valence-electron chi connectivity index (χ2n) is 2.79. The van der Waals surface area contributed by atoms with Gasteiger partial charge in [0.05, 0.1) is 0 Å². The summed E-state index contributed by atoms with van der Waals surface area (Å²) in [5, 5.41) is 0.519. The molecular formula is C10H14ClNOS. The molecule has 0 aliphatic heterocycles. The quantitative estimate of drug-likeness (QED) is 0.809. The van der Waals surface area contributed by atoms with Crippen LogP contribution in [-0.2, 0) is 4.74 Å². The van der Waals surface area contributed by atoms with Gasteiger partial charge in [-0.1, -0.05) is 29.8 Å². The number of benzene rings is 1. The second kappa shape index (κ2) is 6.76. The SMILES string of the molecule is Cc1ccc(C(=S)OCCN)cc1.Cl. The Labute approximate surface area is 95.9 Å². The first-order valence-electron chi connectivity index (χ1n) is 4.18. The van der Waals surface area contributed by atoms with E-state index in [9.17, 15) is 0 Å². The molecule has 0 heterocycles. The third kappa shape index (κ3) is 4.05. The van der Waals surface area contributed by atoms with Crippen LogP contribution >= 0.6 is 24.6 Å². The van der Waals surface area contributed by atoms with Crippen LogP contribution in [0.15, 0.2) is 24.3 Å². The van der Waals surface area contributed by atoms with Gasteiger partial charge in [0.15, 0.2) is 5.05 Å². The number of rotatable bonds is 3. The fourth-order valence-electron chi connectivity index (χ4n) is 0.925. The monoisotopic (exact) mass is 231 g/mol. The van der Waals surface area contributed by atoms with Gasteiger partial charge in [0.2, 0.25) is 0 Å². The molecule has 0 saturated heterocycles. The molecule has 78 valence electrons.